The van der Waals surface area contributed by atoms with Crippen LogP contribution in [-0.4, -0.2) is 66.5 Å². The molecule has 0 radical (unpaired) electrons. The Morgan fingerprint density at radius 3 is 2.55 bits per heavy atom. The smallest absolute Gasteiger partial charge is 0.255 e. The topological polar surface area (TPSA) is 62.6 Å². The fraction of sp³-hybridized carbons (Fsp3) is 0.385. The number of para-hydroxylation sites is 1. The third-order valence-electron chi connectivity index (χ3n) is 6.70. The van der Waals surface area contributed by atoms with E-state index in [1.807, 2.05) is 54.9 Å². The van der Waals surface area contributed by atoms with Crippen molar-refractivity contribution in [3.8, 4) is 11.4 Å². The summed E-state index contributed by atoms with van der Waals surface area (Å²) in [6, 6.07) is 16.1. The molecule has 2 aliphatic heterocycles. The van der Waals surface area contributed by atoms with Crippen molar-refractivity contribution < 1.29 is 9.53 Å². The standard InChI is InChI=1S/C26H31N5O2/c1-18-25(19(2)31(28-18)21-8-5-4-6-9-21)26(32)27-20-16-22-23(10-7-11-24(22)33-17-20)30-14-12-29(3)13-15-30/h4-11,20H,12-17H2,1-3H3,(H,27,32)/t20-/m0/s1. The molecule has 1 fully saturated rings. The minimum absolute atomic E-state index is 0.0857. The van der Waals surface area contributed by atoms with Crippen molar-refractivity contribution in [3.05, 3.63) is 71.0 Å². The SMILES string of the molecule is Cc1nn(-c2ccccc2)c(C)c1C(=O)N[C@@H]1COc2cccc(N3CCN(C)CC3)c2C1. The minimum Gasteiger partial charge on any atom is -0.491 e. The van der Waals surface area contributed by atoms with Crippen molar-refractivity contribution in [2.24, 2.45) is 0 Å². The van der Waals surface area contributed by atoms with Gasteiger partial charge < -0.3 is 19.9 Å². The molecule has 3 heterocycles. The summed E-state index contributed by atoms with van der Waals surface area (Å²) in [4.78, 5) is 18.1. The lowest BCUT2D eigenvalue weighted by atomic mass is 9.99. The van der Waals surface area contributed by atoms with Gasteiger partial charge in [0.25, 0.3) is 5.91 Å². The van der Waals surface area contributed by atoms with Crippen LogP contribution in [0.1, 0.15) is 27.3 Å². The maximum Gasteiger partial charge on any atom is 0.255 e. The number of carbonyl (C=O) groups is 1. The van der Waals surface area contributed by atoms with E-state index in [0.717, 1.165) is 55.4 Å². The van der Waals surface area contributed by atoms with Crippen molar-refractivity contribution in [2.45, 2.75) is 26.3 Å². The zero-order chi connectivity index (χ0) is 22.9. The van der Waals surface area contributed by atoms with Gasteiger partial charge in [0.15, 0.2) is 0 Å². The largest absolute Gasteiger partial charge is 0.491 e. The van der Waals surface area contributed by atoms with E-state index in [0.29, 0.717) is 12.2 Å². The van der Waals surface area contributed by atoms with Gasteiger partial charge >= 0.3 is 0 Å². The van der Waals surface area contributed by atoms with E-state index < -0.39 is 0 Å². The van der Waals surface area contributed by atoms with Crippen LogP contribution < -0.4 is 15.0 Å². The molecule has 0 spiro atoms. The molecule has 1 saturated heterocycles. The first kappa shape index (κ1) is 21.5. The number of likely N-dealkylation sites (N-methyl/N-ethyl adjacent to an activating group) is 1. The van der Waals surface area contributed by atoms with E-state index in [1.165, 1.54) is 11.3 Å². The highest BCUT2D eigenvalue weighted by Crippen LogP contribution is 2.34. The summed E-state index contributed by atoms with van der Waals surface area (Å²) in [6.07, 6.45) is 0.758. The molecule has 1 amide bonds. The van der Waals surface area contributed by atoms with Gasteiger partial charge in [0.1, 0.15) is 12.4 Å². The molecule has 7 heteroatoms. The zero-order valence-electron chi connectivity index (χ0n) is 19.5. The van der Waals surface area contributed by atoms with Crippen LogP contribution in [0.25, 0.3) is 5.69 Å². The molecule has 1 atom stereocenters. The Morgan fingerprint density at radius 2 is 1.79 bits per heavy atom. The van der Waals surface area contributed by atoms with Crippen LogP contribution in [0.15, 0.2) is 48.5 Å². The number of amides is 1. The summed E-state index contributed by atoms with van der Waals surface area (Å²) < 4.78 is 7.92. The summed E-state index contributed by atoms with van der Waals surface area (Å²) in [5, 5.41) is 7.84. The maximum absolute atomic E-state index is 13.3. The molecule has 0 unspecified atom stereocenters. The van der Waals surface area contributed by atoms with E-state index in [-0.39, 0.29) is 11.9 Å². The van der Waals surface area contributed by atoms with Crippen LogP contribution in [-0.2, 0) is 6.42 Å². The molecule has 2 aliphatic rings. The fourth-order valence-electron chi connectivity index (χ4n) is 4.88. The third-order valence-corrected chi connectivity index (χ3v) is 6.70. The van der Waals surface area contributed by atoms with Gasteiger partial charge in [-0.1, -0.05) is 24.3 Å². The van der Waals surface area contributed by atoms with Crippen LogP contribution in [0.2, 0.25) is 0 Å². The number of hydrogen-bond acceptors (Lipinski definition) is 5. The van der Waals surface area contributed by atoms with Gasteiger partial charge in [-0.05, 0) is 45.2 Å². The molecule has 0 bridgehead atoms. The van der Waals surface area contributed by atoms with Crippen LogP contribution in [0, 0.1) is 13.8 Å². The average molecular weight is 446 g/mol. The monoisotopic (exact) mass is 445 g/mol. The predicted octanol–water partition coefficient (Wildman–Crippen LogP) is 2.97. The van der Waals surface area contributed by atoms with Crippen molar-refractivity contribution in [2.75, 3.05) is 44.7 Å². The molecule has 2 aromatic carbocycles. The van der Waals surface area contributed by atoms with Gasteiger partial charge in [0.2, 0.25) is 0 Å². The Labute approximate surface area is 195 Å². The molecule has 1 aromatic heterocycles. The number of piperazine rings is 1. The first-order valence-electron chi connectivity index (χ1n) is 11.6. The quantitative estimate of drug-likeness (QED) is 0.669. The highest BCUT2D eigenvalue weighted by molar-refractivity contribution is 5.96. The van der Waals surface area contributed by atoms with Crippen molar-refractivity contribution in [1.82, 2.24) is 20.0 Å². The second-order valence-electron chi connectivity index (χ2n) is 9.02. The maximum atomic E-state index is 13.3. The van der Waals surface area contributed by atoms with Crippen LogP contribution in [0.5, 0.6) is 5.75 Å². The van der Waals surface area contributed by atoms with E-state index >= 15 is 0 Å². The minimum atomic E-state index is -0.0960. The van der Waals surface area contributed by atoms with Gasteiger partial charge in [-0.2, -0.15) is 5.10 Å². The summed E-state index contributed by atoms with van der Waals surface area (Å²) in [6.45, 7) is 8.40. The second kappa shape index (κ2) is 8.90. The lowest BCUT2D eigenvalue weighted by molar-refractivity contribution is 0.0914. The number of benzene rings is 2. The lowest BCUT2D eigenvalue weighted by Crippen LogP contribution is -2.46. The molecular formula is C26H31N5O2. The number of ether oxygens (including phenoxy) is 1. The summed E-state index contributed by atoms with van der Waals surface area (Å²) in [7, 11) is 2.16. The average Bonchev–Trinajstić information content (AvgIpc) is 3.13. The number of nitrogens with one attached hydrogen (secondary N) is 1. The molecular weight excluding hydrogens is 414 g/mol. The van der Waals surface area contributed by atoms with E-state index in [4.69, 9.17) is 4.74 Å². The van der Waals surface area contributed by atoms with Crippen molar-refractivity contribution >= 4 is 11.6 Å². The number of carbonyl (C=O) groups excluding carboxylic acids is 1. The second-order valence-corrected chi connectivity index (χ2v) is 9.02. The summed E-state index contributed by atoms with van der Waals surface area (Å²) >= 11 is 0. The van der Waals surface area contributed by atoms with Gasteiger partial charge in [-0.3, -0.25) is 4.79 Å². The van der Waals surface area contributed by atoms with Gasteiger partial charge in [0.05, 0.1) is 28.7 Å². The normalized spacial score (nSPS) is 18.5. The van der Waals surface area contributed by atoms with Crippen molar-refractivity contribution in [3.63, 3.8) is 0 Å². The Kier molecular flexibility index (Phi) is 5.81. The Hall–Kier alpha value is -3.32. The van der Waals surface area contributed by atoms with E-state index in [2.05, 4.69) is 39.4 Å². The van der Waals surface area contributed by atoms with Crippen molar-refractivity contribution in [1.29, 1.82) is 0 Å². The number of aryl methyl sites for hydroxylation is 1. The van der Waals surface area contributed by atoms with Gasteiger partial charge in [0, 0.05) is 43.9 Å². The highest BCUT2D eigenvalue weighted by Gasteiger charge is 2.28. The number of aromatic nitrogens is 2. The Morgan fingerprint density at radius 1 is 1.03 bits per heavy atom. The van der Waals surface area contributed by atoms with Crippen LogP contribution in [0.3, 0.4) is 0 Å². The summed E-state index contributed by atoms with van der Waals surface area (Å²) in [5.41, 5.74) is 5.56. The van der Waals surface area contributed by atoms with Gasteiger partial charge in [-0.25, -0.2) is 4.68 Å². The number of hydrogen-bond donors (Lipinski definition) is 1. The van der Waals surface area contributed by atoms with Crippen LogP contribution >= 0.6 is 0 Å². The number of anilines is 1. The predicted molar refractivity (Wildman–Crippen MR) is 130 cm³/mol. The lowest BCUT2D eigenvalue weighted by Gasteiger charge is -2.37. The molecule has 7 nitrogen and oxygen atoms in total. The molecule has 0 aliphatic carbocycles. The number of nitrogens with zero attached hydrogens (tertiary/aromatic N) is 4. The van der Waals surface area contributed by atoms with Gasteiger partial charge in [-0.15, -0.1) is 0 Å². The first-order valence-corrected chi connectivity index (χ1v) is 11.6. The zero-order valence-corrected chi connectivity index (χ0v) is 19.5. The molecule has 1 N–H and O–H groups in total. The first-order chi connectivity index (χ1) is 16.0. The molecule has 172 valence electrons. The third kappa shape index (κ3) is 4.20. The molecule has 3 aromatic rings. The fourth-order valence-corrected chi connectivity index (χ4v) is 4.88. The molecule has 5 rings (SSSR count). The van der Waals surface area contributed by atoms with Crippen LogP contribution in [0.4, 0.5) is 5.69 Å². The molecule has 0 saturated carbocycles. The van der Waals surface area contributed by atoms with E-state index in [1.54, 1.807) is 0 Å². The van der Waals surface area contributed by atoms with E-state index in [9.17, 15) is 4.79 Å². The summed E-state index contributed by atoms with van der Waals surface area (Å²) in [5.74, 6) is 0.836. The number of fused-ring (bicyclic) bond motifs is 1. The Bertz CT molecular complexity index is 1150. The Balaban J connectivity index is 1.35. The highest BCUT2D eigenvalue weighted by atomic mass is 16.5. The number of rotatable bonds is 4. The molecule has 33 heavy (non-hydrogen) atoms.